The fraction of sp³-hybridized carbons (Fsp3) is 0.636. The second-order valence-electron chi connectivity index (χ2n) is 4.18. The number of aryl methyl sites for hydroxylation is 2. The third-order valence-corrected chi connectivity index (χ3v) is 2.50. The zero-order chi connectivity index (χ0) is 11.3. The van der Waals surface area contributed by atoms with Gasteiger partial charge in [0.15, 0.2) is 0 Å². The SMILES string of the molecule is Cc1ccnn1CCCCC(C)(N)C#N. The molecule has 0 spiro atoms. The van der Waals surface area contributed by atoms with Crippen LogP contribution in [0.2, 0.25) is 0 Å². The fourth-order valence-electron chi connectivity index (χ4n) is 1.44. The second kappa shape index (κ2) is 4.94. The van der Waals surface area contributed by atoms with E-state index in [1.165, 1.54) is 5.69 Å². The highest BCUT2D eigenvalue weighted by molar-refractivity contribution is 5.00. The van der Waals surface area contributed by atoms with E-state index in [0.717, 1.165) is 25.8 Å². The van der Waals surface area contributed by atoms with Gasteiger partial charge in [-0.05, 0) is 39.2 Å². The Kier molecular flexibility index (Phi) is 3.87. The molecule has 1 aromatic rings. The molecule has 2 N–H and O–H groups in total. The van der Waals surface area contributed by atoms with Gasteiger partial charge in [0, 0.05) is 18.4 Å². The molecule has 0 bridgehead atoms. The maximum atomic E-state index is 8.73. The minimum absolute atomic E-state index is 0.681. The van der Waals surface area contributed by atoms with Gasteiger partial charge in [-0.3, -0.25) is 4.68 Å². The van der Waals surface area contributed by atoms with Crippen molar-refractivity contribution in [2.75, 3.05) is 0 Å². The number of hydrogen-bond donors (Lipinski definition) is 1. The number of nitrogens with two attached hydrogens (primary N) is 1. The molecule has 0 aliphatic rings. The van der Waals surface area contributed by atoms with Gasteiger partial charge in [-0.1, -0.05) is 0 Å². The van der Waals surface area contributed by atoms with Crippen molar-refractivity contribution >= 4 is 0 Å². The predicted molar refractivity (Wildman–Crippen MR) is 59.0 cm³/mol. The molecule has 0 saturated carbocycles. The van der Waals surface area contributed by atoms with Crippen molar-refractivity contribution in [1.82, 2.24) is 9.78 Å². The van der Waals surface area contributed by atoms with Crippen molar-refractivity contribution in [3.05, 3.63) is 18.0 Å². The summed E-state index contributed by atoms with van der Waals surface area (Å²) in [6.07, 6.45) is 4.51. The highest BCUT2D eigenvalue weighted by Crippen LogP contribution is 2.10. The van der Waals surface area contributed by atoms with Crippen LogP contribution in [-0.2, 0) is 6.54 Å². The molecular formula is C11H18N4. The first-order valence-electron chi connectivity index (χ1n) is 5.24. The van der Waals surface area contributed by atoms with Gasteiger partial charge in [0.25, 0.3) is 0 Å². The molecule has 4 nitrogen and oxygen atoms in total. The summed E-state index contributed by atoms with van der Waals surface area (Å²) in [7, 11) is 0. The van der Waals surface area contributed by atoms with Gasteiger partial charge in [-0.2, -0.15) is 10.4 Å². The summed E-state index contributed by atoms with van der Waals surface area (Å²) < 4.78 is 1.97. The van der Waals surface area contributed by atoms with Gasteiger partial charge in [0.2, 0.25) is 0 Å². The normalized spacial score (nSPS) is 14.5. The Morgan fingerprint density at radius 3 is 2.87 bits per heavy atom. The molecule has 0 aliphatic heterocycles. The molecule has 1 rings (SSSR count). The molecule has 4 heteroatoms. The zero-order valence-electron chi connectivity index (χ0n) is 9.40. The maximum absolute atomic E-state index is 8.73. The molecule has 0 amide bonds. The molecule has 0 fully saturated rings. The Balaban J connectivity index is 2.24. The Labute approximate surface area is 90.7 Å². The summed E-state index contributed by atoms with van der Waals surface area (Å²) in [4.78, 5) is 0. The van der Waals surface area contributed by atoms with E-state index >= 15 is 0 Å². The average molecular weight is 206 g/mol. The lowest BCUT2D eigenvalue weighted by Crippen LogP contribution is -2.33. The van der Waals surface area contributed by atoms with Crippen LogP contribution in [-0.4, -0.2) is 15.3 Å². The van der Waals surface area contributed by atoms with E-state index in [0.29, 0.717) is 0 Å². The monoisotopic (exact) mass is 206 g/mol. The van der Waals surface area contributed by atoms with E-state index in [9.17, 15) is 0 Å². The van der Waals surface area contributed by atoms with Crippen LogP contribution in [0.1, 0.15) is 31.9 Å². The number of aromatic nitrogens is 2. The molecule has 0 aromatic carbocycles. The van der Waals surface area contributed by atoms with Crippen LogP contribution in [0.5, 0.6) is 0 Å². The first-order valence-corrected chi connectivity index (χ1v) is 5.24. The molecule has 82 valence electrons. The number of rotatable bonds is 5. The molecule has 1 aromatic heterocycles. The van der Waals surface area contributed by atoms with E-state index in [2.05, 4.69) is 11.2 Å². The summed E-state index contributed by atoms with van der Waals surface area (Å²) in [6.45, 7) is 4.71. The molecule has 0 radical (unpaired) electrons. The molecule has 15 heavy (non-hydrogen) atoms. The Morgan fingerprint density at radius 2 is 2.33 bits per heavy atom. The summed E-state index contributed by atoms with van der Waals surface area (Å²) in [5.41, 5.74) is 6.21. The fourth-order valence-corrected chi connectivity index (χ4v) is 1.44. The lowest BCUT2D eigenvalue weighted by atomic mass is 9.98. The maximum Gasteiger partial charge on any atom is 0.101 e. The van der Waals surface area contributed by atoms with Gasteiger partial charge in [-0.25, -0.2) is 0 Å². The third kappa shape index (κ3) is 3.72. The second-order valence-corrected chi connectivity index (χ2v) is 4.18. The van der Waals surface area contributed by atoms with Gasteiger partial charge in [-0.15, -0.1) is 0 Å². The Hall–Kier alpha value is -1.34. The first kappa shape index (κ1) is 11.7. The Bertz CT molecular complexity index is 346. The molecule has 1 atom stereocenters. The van der Waals surface area contributed by atoms with Gasteiger partial charge >= 0.3 is 0 Å². The van der Waals surface area contributed by atoms with Gasteiger partial charge < -0.3 is 5.73 Å². The number of hydrogen-bond acceptors (Lipinski definition) is 3. The van der Waals surface area contributed by atoms with Crippen LogP contribution in [0.25, 0.3) is 0 Å². The van der Waals surface area contributed by atoms with Crippen molar-refractivity contribution in [2.45, 2.75) is 45.2 Å². The standard InChI is InChI=1S/C11H18N4/c1-10-5-7-14-15(10)8-4-3-6-11(2,13)9-12/h5,7H,3-4,6,8,13H2,1-2H3. The molecule has 1 heterocycles. The molecular weight excluding hydrogens is 188 g/mol. The van der Waals surface area contributed by atoms with Crippen LogP contribution in [0.3, 0.4) is 0 Å². The quantitative estimate of drug-likeness (QED) is 0.744. The lowest BCUT2D eigenvalue weighted by molar-refractivity contribution is 0.471. The highest BCUT2D eigenvalue weighted by atomic mass is 15.3. The van der Waals surface area contributed by atoms with Crippen molar-refractivity contribution < 1.29 is 0 Å². The van der Waals surface area contributed by atoms with E-state index < -0.39 is 5.54 Å². The number of unbranched alkanes of at least 4 members (excludes halogenated alkanes) is 1. The van der Waals surface area contributed by atoms with E-state index in [1.807, 2.05) is 17.7 Å². The van der Waals surface area contributed by atoms with E-state index in [-0.39, 0.29) is 0 Å². The zero-order valence-corrected chi connectivity index (χ0v) is 9.40. The molecule has 1 unspecified atom stereocenters. The van der Waals surface area contributed by atoms with Crippen molar-refractivity contribution in [3.8, 4) is 6.07 Å². The number of nitriles is 1. The average Bonchev–Trinajstić information content (AvgIpc) is 2.59. The number of nitrogens with zero attached hydrogens (tertiary/aromatic N) is 3. The van der Waals surface area contributed by atoms with Gasteiger partial charge in [0.1, 0.15) is 5.54 Å². The first-order chi connectivity index (χ1) is 7.05. The largest absolute Gasteiger partial charge is 0.314 e. The van der Waals surface area contributed by atoms with Crippen molar-refractivity contribution in [3.63, 3.8) is 0 Å². The third-order valence-electron chi connectivity index (χ3n) is 2.50. The highest BCUT2D eigenvalue weighted by Gasteiger charge is 2.15. The molecule has 0 saturated heterocycles. The lowest BCUT2D eigenvalue weighted by Gasteiger charge is -2.14. The summed E-state index contributed by atoms with van der Waals surface area (Å²) in [5.74, 6) is 0. The minimum atomic E-state index is -0.681. The van der Waals surface area contributed by atoms with Crippen LogP contribution in [0.15, 0.2) is 12.3 Å². The van der Waals surface area contributed by atoms with Crippen LogP contribution >= 0.6 is 0 Å². The van der Waals surface area contributed by atoms with Crippen molar-refractivity contribution in [1.29, 1.82) is 5.26 Å². The van der Waals surface area contributed by atoms with Crippen LogP contribution in [0.4, 0.5) is 0 Å². The topological polar surface area (TPSA) is 67.6 Å². The smallest absolute Gasteiger partial charge is 0.101 e. The summed E-state index contributed by atoms with van der Waals surface area (Å²) in [5, 5.41) is 12.9. The van der Waals surface area contributed by atoms with Crippen LogP contribution < -0.4 is 5.73 Å². The minimum Gasteiger partial charge on any atom is -0.314 e. The predicted octanol–water partition coefficient (Wildman–Crippen LogP) is 1.60. The van der Waals surface area contributed by atoms with E-state index in [1.54, 1.807) is 13.1 Å². The Morgan fingerprint density at radius 1 is 1.60 bits per heavy atom. The van der Waals surface area contributed by atoms with E-state index in [4.69, 9.17) is 11.0 Å². The van der Waals surface area contributed by atoms with Crippen LogP contribution in [0, 0.1) is 18.3 Å². The van der Waals surface area contributed by atoms with Crippen molar-refractivity contribution in [2.24, 2.45) is 5.73 Å². The van der Waals surface area contributed by atoms with Gasteiger partial charge in [0.05, 0.1) is 6.07 Å². The molecule has 0 aliphatic carbocycles. The summed E-state index contributed by atoms with van der Waals surface area (Å²) >= 11 is 0. The summed E-state index contributed by atoms with van der Waals surface area (Å²) in [6, 6.07) is 4.09.